The van der Waals surface area contributed by atoms with E-state index in [0.29, 0.717) is 5.41 Å². The van der Waals surface area contributed by atoms with E-state index in [4.69, 9.17) is 0 Å². The Morgan fingerprint density at radius 2 is 1.79 bits per heavy atom. The Kier molecular flexibility index (Phi) is 4.48. The molecular weight excluding hydrogens is 232 g/mol. The Morgan fingerprint density at radius 3 is 2.37 bits per heavy atom. The van der Waals surface area contributed by atoms with Crippen LogP contribution in [-0.2, 0) is 0 Å². The summed E-state index contributed by atoms with van der Waals surface area (Å²) in [7, 11) is 0. The zero-order valence-corrected chi connectivity index (χ0v) is 12.8. The Morgan fingerprint density at radius 1 is 1.05 bits per heavy atom. The third kappa shape index (κ3) is 3.95. The lowest BCUT2D eigenvalue weighted by molar-refractivity contribution is 0.0967. The third-order valence-electron chi connectivity index (χ3n) is 5.37. The minimum Gasteiger partial charge on any atom is -0.313 e. The summed E-state index contributed by atoms with van der Waals surface area (Å²) in [6.07, 6.45) is 14.5. The lowest BCUT2D eigenvalue weighted by Gasteiger charge is -2.42. The van der Waals surface area contributed by atoms with Gasteiger partial charge in [-0.1, -0.05) is 26.2 Å². The van der Waals surface area contributed by atoms with Crippen LogP contribution in [0.5, 0.6) is 0 Å². The first-order chi connectivity index (χ1) is 9.31. The minimum atomic E-state index is 0.610. The van der Waals surface area contributed by atoms with Gasteiger partial charge in [0.2, 0.25) is 0 Å². The summed E-state index contributed by atoms with van der Waals surface area (Å²) >= 11 is 0. The zero-order valence-electron chi connectivity index (χ0n) is 12.8. The van der Waals surface area contributed by atoms with Gasteiger partial charge in [-0.2, -0.15) is 0 Å². The molecule has 3 fully saturated rings. The highest BCUT2D eigenvalue weighted by molar-refractivity contribution is 4.94. The summed E-state index contributed by atoms with van der Waals surface area (Å²) in [5, 5.41) is 3.85. The van der Waals surface area contributed by atoms with Gasteiger partial charge in [0.1, 0.15) is 0 Å². The van der Waals surface area contributed by atoms with E-state index in [-0.39, 0.29) is 0 Å². The fourth-order valence-corrected chi connectivity index (χ4v) is 3.89. The van der Waals surface area contributed by atoms with Crippen molar-refractivity contribution in [2.24, 2.45) is 5.41 Å². The molecule has 0 aromatic carbocycles. The van der Waals surface area contributed by atoms with Gasteiger partial charge in [-0.25, -0.2) is 0 Å². The second kappa shape index (κ2) is 6.13. The molecule has 3 rings (SSSR count). The summed E-state index contributed by atoms with van der Waals surface area (Å²) in [6.45, 7) is 6.34. The van der Waals surface area contributed by atoms with Gasteiger partial charge in [0, 0.05) is 25.2 Å². The molecule has 0 heterocycles. The maximum Gasteiger partial charge on any atom is 0.00966 e. The second-order valence-electron chi connectivity index (χ2n) is 7.42. The van der Waals surface area contributed by atoms with E-state index in [1.54, 1.807) is 0 Å². The first-order valence-corrected chi connectivity index (χ1v) is 8.79. The Labute approximate surface area is 119 Å². The summed E-state index contributed by atoms with van der Waals surface area (Å²) in [5.41, 5.74) is 0.610. The van der Waals surface area contributed by atoms with Gasteiger partial charge in [0.15, 0.2) is 0 Å². The standard InChI is InChI=1S/C17H32N2/c1-2-12-19(16-8-9-16)14-17(10-4-3-5-11-17)13-18-15-6-7-15/h15-16,18H,2-14H2,1H3. The van der Waals surface area contributed by atoms with E-state index in [2.05, 4.69) is 17.1 Å². The van der Waals surface area contributed by atoms with Crippen molar-refractivity contribution in [3.63, 3.8) is 0 Å². The molecule has 0 aromatic rings. The van der Waals surface area contributed by atoms with E-state index in [1.807, 2.05) is 0 Å². The van der Waals surface area contributed by atoms with E-state index in [1.165, 1.54) is 83.8 Å². The second-order valence-corrected chi connectivity index (χ2v) is 7.42. The maximum atomic E-state index is 3.85. The number of nitrogens with zero attached hydrogens (tertiary/aromatic N) is 1. The van der Waals surface area contributed by atoms with Crippen LogP contribution >= 0.6 is 0 Å². The average molecular weight is 264 g/mol. The Balaban J connectivity index is 1.58. The van der Waals surface area contributed by atoms with Gasteiger partial charge >= 0.3 is 0 Å². The number of hydrogen-bond donors (Lipinski definition) is 1. The molecule has 3 aliphatic rings. The van der Waals surface area contributed by atoms with Crippen molar-refractivity contribution in [3.05, 3.63) is 0 Å². The van der Waals surface area contributed by atoms with Gasteiger partial charge in [0.25, 0.3) is 0 Å². The van der Waals surface area contributed by atoms with Crippen LogP contribution in [0.3, 0.4) is 0 Å². The maximum absolute atomic E-state index is 3.85. The molecule has 110 valence electrons. The number of hydrogen-bond acceptors (Lipinski definition) is 2. The highest BCUT2D eigenvalue weighted by Gasteiger charge is 2.39. The smallest absolute Gasteiger partial charge is 0.00966 e. The summed E-state index contributed by atoms with van der Waals surface area (Å²) in [4.78, 5) is 2.83. The van der Waals surface area contributed by atoms with Crippen LogP contribution in [0.2, 0.25) is 0 Å². The molecule has 2 nitrogen and oxygen atoms in total. The van der Waals surface area contributed by atoms with Crippen LogP contribution in [0.4, 0.5) is 0 Å². The van der Waals surface area contributed by atoms with E-state index in [0.717, 1.165) is 12.1 Å². The molecule has 1 N–H and O–H groups in total. The normalized spacial score (nSPS) is 26.8. The Bertz CT molecular complexity index is 275. The fourth-order valence-electron chi connectivity index (χ4n) is 3.89. The summed E-state index contributed by atoms with van der Waals surface area (Å²) in [6, 6.07) is 1.82. The zero-order chi connectivity index (χ0) is 13.1. The van der Waals surface area contributed by atoms with Crippen LogP contribution in [-0.4, -0.2) is 36.6 Å². The largest absolute Gasteiger partial charge is 0.313 e. The number of nitrogens with one attached hydrogen (secondary N) is 1. The first-order valence-electron chi connectivity index (χ1n) is 8.79. The summed E-state index contributed by atoms with van der Waals surface area (Å²) in [5.74, 6) is 0. The summed E-state index contributed by atoms with van der Waals surface area (Å²) < 4.78 is 0. The van der Waals surface area contributed by atoms with Crippen molar-refractivity contribution >= 4 is 0 Å². The van der Waals surface area contributed by atoms with Gasteiger partial charge in [-0.3, -0.25) is 4.90 Å². The van der Waals surface area contributed by atoms with Crippen LogP contribution in [0.25, 0.3) is 0 Å². The molecule has 0 spiro atoms. The molecule has 2 heteroatoms. The molecule has 0 aliphatic heterocycles. The molecule has 0 amide bonds. The third-order valence-corrected chi connectivity index (χ3v) is 5.37. The van der Waals surface area contributed by atoms with Crippen molar-refractivity contribution in [2.75, 3.05) is 19.6 Å². The molecule has 0 unspecified atom stereocenters. The molecule has 3 saturated carbocycles. The van der Waals surface area contributed by atoms with Crippen molar-refractivity contribution < 1.29 is 0 Å². The molecule has 0 atom stereocenters. The van der Waals surface area contributed by atoms with Crippen molar-refractivity contribution in [1.82, 2.24) is 10.2 Å². The molecule has 0 bridgehead atoms. The lowest BCUT2D eigenvalue weighted by atomic mass is 9.73. The topological polar surface area (TPSA) is 15.3 Å². The predicted octanol–water partition coefficient (Wildman–Crippen LogP) is 3.56. The van der Waals surface area contributed by atoms with Crippen LogP contribution in [0.15, 0.2) is 0 Å². The monoisotopic (exact) mass is 264 g/mol. The van der Waals surface area contributed by atoms with Gasteiger partial charge in [-0.05, 0) is 56.9 Å². The molecule has 0 aromatic heterocycles. The fraction of sp³-hybridized carbons (Fsp3) is 1.00. The molecule has 19 heavy (non-hydrogen) atoms. The predicted molar refractivity (Wildman–Crippen MR) is 81.4 cm³/mol. The van der Waals surface area contributed by atoms with Gasteiger partial charge in [0.05, 0.1) is 0 Å². The van der Waals surface area contributed by atoms with Crippen LogP contribution in [0, 0.1) is 5.41 Å². The minimum absolute atomic E-state index is 0.610. The van der Waals surface area contributed by atoms with Crippen molar-refractivity contribution in [1.29, 1.82) is 0 Å². The van der Waals surface area contributed by atoms with Crippen molar-refractivity contribution in [2.45, 2.75) is 83.2 Å². The van der Waals surface area contributed by atoms with Gasteiger partial charge in [-0.15, -0.1) is 0 Å². The number of rotatable bonds is 8. The quantitative estimate of drug-likeness (QED) is 0.721. The van der Waals surface area contributed by atoms with E-state index < -0.39 is 0 Å². The Hall–Kier alpha value is -0.0800. The van der Waals surface area contributed by atoms with E-state index in [9.17, 15) is 0 Å². The molecule has 3 aliphatic carbocycles. The molecule has 0 saturated heterocycles. The lowest BCUT2D eigenvalue weighted by Crippen LogP contribution is -2.46. The SMILES string of the molecule is CCCN(CC1(CNC2CC2)CCCCC1)C1CC1. The van der Waals surface area contributed by atoms with E-state index >= 15 is 0 Å². The molecular formula is C17H32N2. The molecule has 0 radical (unpaired) electrons. The van der Waals surface area contributed by atoms with Crippen molar-refractivity contribution in [3.8, 4) is 0 Å². The van der Waals surface area contributed by atoms with Crippen LogP contribution < -0.4 is 5.32 Å². The van der Waals surface area contributed by atoms with Crippen LogP contribution in [0.1, 0.15) is 71.1 Å². The van der Waals surface area contributed by atoms with Gasteiger partial charge < -0.3 is 5.32 Å². The average Bonchev–Trinajstić information content (AvgIpc) is 3.31. The first kappa shape index (κ1) is 13.9. The highest BCUT2D eigenvalue weighted by Crippen LogP contribution is 2.40. The highest BCUT2D eigenvalue weighted by atomic mass is 15.2.